The fourth-order valence-corrected chi connectivity index (χ4v) is 5.97. The Morgan fingerprint density at radius 1 is 0.898 bits per heavy atom. The van der Waals surface area contributed by atoms with Gasteiger partial charge in [-0.2, -0.15) is 13.2 Å². The Balaban J connectivity index is 1.17. The van der Waals surface area contributed by atoms with Crippen LogP contribution in [0.15, 0.2) is 84.9 Å². The predicted octanol–water partition coefficient (Wildman–Crippen LogP) is 5.54. The first kappa shape index (κ1) is 35.7. The Hall–Kier alpha value is -4.62. The number of nitrogens with one attached hydrogen (secondary N) is 4. The number of carbonyl (C=O) groups excluding carboxylic acids is 3. The number of alkyl carbamates (subject to hydrolysis) is 2. The van der Waals surface area contributed by atoms with Crippen molar-refractivity contribution in [3.05, 3.63) is 102 Å². The standard InChI is InChI=1S/C36H41F3N4O6/c1-47-34(45)42-31(30(24-11-4-2-5-12-24)25-13-6-3-7-14-25)33(44)41-29-15-9-8-10-23(29)18-19-28-20-40-27(21-48-28)22-49-35(46)43-32(26-16-17-26)36(37,38)39/h2-15,26-28,30-32,40H,16-22H2,1H3,(H,41,44)(H,42,45)(H,43,46)/t27-,28+,31-,32?/m0/s1. The van der Waals surface area contributed by atoms with Crippen molar-refractivity contribution in [2.45, 2.75) is 62.0 Å². The molecule has 4 N–H and O–H groups in total. The molecule has 0 spiro atoms. The normalized spacial score (nSPS) is 19.0. The highest BCUT2D eigenvalue weighted by Crippen LogP contribution is 2.40. The number of para-hydroxylation sites is 1. The molecule has 1 saturated heterocycles. The third-order valence-corrected chi connectivity index (χ3v) is 8.71. The summed E-state index contributed by atoms with van der Waals surface area (Å²) in [4.78, 5) is 38.5. The number of halogens is 3. The van der Waals surface area contributed by atoms with Crippen LogP contribution >= 0.6 is 0 Å². The lowest BCUT2D eigenvalue weighted by Gasteiger charge is -2.30. The molecule has 49 heavy (non-hydrogen) atoms. The highest BCUT2D eigenvalue weighted by atomic mass is 19.4. The van der Waals surface area contributed by atoms with Crippen LogP contribution in [0.25, 0.3) is 0 Å². The molecule has 10 nitrogen and oxygen atoms in total. The molecule has 3 aromatic carbocycles. The number of alkyl halides is 3. The van der Waals surface area contributed by atoms with Crippen molar-refractivity contribution < 1.29 is 41.8 Å². The van der Waals surface area contributed by atoms with Gasteiger partial charge >= 0.3 is 18.4 Å². The van der Waals surface area contributed by atoms with E-state index in [1.807, 2.05) is 84.2 Å². The van der Waals surface area contributed by atoms with Crippen LogP contribution in [0.2, 0.25) is 0 Å². The van der Waals surface area contributed by atoms with E-state index in [0.29, 0.717) is 37.9 Å². The largest absolute Gasteiger partial charge is 0.453 e. The highest BCUT2D eigenvalue weighted by Gasteiger charge is 2.50. The van der Waals surface area contributed by atoms with Crippen molar-refractivity contribution >= 4 is 23.8 Å². The number of anilines is 1. The number of benzene rings is 3. The highest BCUT2D eigenvalue weighted by molar-refractivity contribution is 5.98. The molecule has 2 fully saturated rings. The Labute approximate surface area is 283 Å². The third kappa shape index (κ3) is 10.2. The lowest BCUT2D eigenvalue weighted by molar-refractivity contribution is -0.159. The summed E-state index contributed by atoms with van der Waals surface area (Å²) in [5.41, 5.74) is 3.14. The van der Waals surface area contributed by atoms with E-state index in [1.165, 1.54) is 7.11 Å². The van der Waals surface area contributed by atoms with Crippen LogP contribution in [0.4, 0.5) is 28.4 Å². The lowest BCUT2D eigenvalue weighted by Crippen LogP contribution is -2.51. The van der Waals surface area contributed by atoms with Crippen LogP contribution in [0, 0.1) is 5.92 Å². The second kappa shape index (κ2) is 16.7. The fraction of sp³-hybridized carbons (Fsp3) is 0.417. The van der Waals surface area contributed by atoms with E-state index in [9.17, 15) is 27.6 Å². The summed E-state index contributed by atoms with van der Waals surface area (Å²) in [6.07, 6.45) is -4.53. The van der Waals surface area contributed by atoms with Gasteiger partial charge in [0.25, 0.3) is 0 Å². The van der Waals surface area contributed by atoms with Crippen LogP contribution in [-0.2, 0) is 25.4 Å². The zero-order valence-electron chi connectivity index (χ0n) is 27.1. The molecule has 262 valence electrons. The summed E-state index contributed by atoms with van der Waals surface area (Å²) in [6, 6.07) is 23.1. The van der Waals surface area contributed by atoms with Gasteiger partial charge < -0.3 is 35.5 Å². The maximum atomic E-state index is 14.0. The summed E-state index contributed by atoms with van der Waals surface area (Å²) in [5.74, 6) is -1.53. The van der Waals surface area contributed by atoms with Crippen LogP contribution in [0.5, 0.6) is 0 Å². The summed E-state index contributed by atoms with van der Waals surface area (Å²) in [6.45, 7) is 0.525. The van der Waals surface area contributed by atoms with Gasteiger partial charge in [-0.25, -0.2) is 9.59 Å². The van der Waals surface area contributed by atoms with Crippen LogP contribution < -0.4 is 21.3 Å². The Morgan fingerprint density at radius 3 is 2.10 bits per heavy atom. The molecule has 3 aromatic rings. The first-order chi connectivity index (χ1) is 23.6. The number of rotatable bonds is 13. The number of aryl methyl sites for hydroxylation is 1. The monoisotopic (exact) mass is 682 g/mol. The minimum atomic E-state index is -4.52. The maximum Gasteiger partial charge on any atom is 0.409 e. The molecule has 1 unspecified atom stereocenters. The van der Waals surface area contributed by atoms with Crippen molar-refractivity contribution in [3.63, 3.8) is 0 Å². The van der Waals surface area contributed by atoms with Crippen LogP contribution in [0.3, 0.4) is 0 Å². The van der Waals surface area contributed by atoms with Gasteiger partial charge in [0, 0.05) is 18.2 Å². The molecule has 13 heteroatoms. The third-order valence-electron chi connectivity index (χ3n) is 8.71. The van der Waals surface area contributed by atoms with Gasteiger partial charge in [0.05, 0.1) is 25.9 Å². The zero-order chi connectivity index (χ0) is 34.8. The number of methoxy groups -OCH3 is 1. The Morgan fingerprint density at radius 2 is 1.53 bits per heavy atom. The molecule has 0 aromatic heterocycles. The number of ether oxygens (including phenoxy) is 3. The van der Waals surface area contributed by atoms with Crippen molar-refractivity contribution in [1.82, 2.24) is 16.0 Å². The predicted molar refractivity (Wildman–Crippen MR) is 176 cm³/mol. The molecule has 1 aliphatic heterocycles. The van der Waals surface area contributed by atoms with Crippen LogP contribution in [-0.4, -0.2) is 75.4 Å². The van der Waals surface area contributed by atoms with Crippen molar-refractivity contribution in [2.75, 3.05) is 32.2 Å². The number of carbonyl (C=O) groups is 3. The van der Waals surface area contributed by atoms with E-state index < -0.39 is 48.2 Å². The van der Waals surface area contributed by atoms with Crippen molar-refractivity contribution in [3.8, 4) is 0 Å². The van der Waals surface area contributed by atoms with Crippen molar-refractivity contribution in [2.24, 2.45) is 5.92 Å². The maximum absolute atomic E-state index is 14.0. The summed E-state index contributed by atoms with van der Waals surface area (Å²) >= 11 is 0. The summed E-state index contributed by atoms with van der Waals surface area (Å²) in [5, 5.41) is 11.0. The quantitative estimate of drug-likeness (QED) is 0.187. The second-order valence-electron chi connectivity index (χ2n) is 12.3. The molecule has 0 bridgehead atoms. The molecule has 3 amide bonds. The van der Waals surface area contributed by atoms with Gasteiger partial charge in [-0.15, -0.1) is 0 Å². The number of morpholine rings is 1. The van der Waals surface area contributed by atoms with E-state index in [-0.39, 0.29) is 25.4 Å². The molecule has 2 aliphatic rings. The number of hydrogen-bond donors (Lipinski definition) is 4. The average Bonchev–Trinajstić information content (AvgIpc) is 3.95. The van der Waals surface area contributed by atoms with Crippen LogP contribution in [0.1, 0.15) is 41.9 Å². The second-order valence-corrected chi connectivity index (χ2v) is 12.3. The van der Waals surface area contributed by atoms with E-state index in [0.717, 1.165) is 16.7 Å². The first-order valence-electron chi connectivity index (χ1n) is 16.3. The summed E-state index contributed by atoms with van der Waals surface area (Å²) in [7, 11) is 1.25. The van der Waals surface area contributed by atoms with E-state index >= 15 is 0 Å². The molecule has 0 radical (unpaired) electrons. The molecular formula is C36H41F3N4O6. The molecule has 1 heterocycles. The zero-order valence-corrected chi connectivity index (χ0v) is 27.1. The fourth-order valence-electron chi connectivity index (χ4n) is 5.97. The van der Waals surface area contributed by atoms with E-state index in [2.05, 4.69) is 16.0 Å². The van der Waals surface area contributed by atoms with Gasteiger partial charge in [-0.3, -0.25) is 4.79 Å². The van der Waals surface area contributed by atoms with Gasteiger partial charge in [-0.05, 0) is 54.4 Å². The molecule has 4 atom stereocenters. The smallest absolute Gasteiger partial charge is 0.409 e. The lowest BCUT2D eigenvalue weighted by atomic mass is 9.84. The van der Waals surface area contributed by atoms with Crippen molar-refractivity contribution in [1.29, 1.82) is 0 Å². The van der Waals surface area contributed by atoms with E-state index in [4.69, 9.17) is 14.2 Å². The topological polar surface area (TPSA) is 127 Å². The molecular weight excluding hydrogens is 641 g/mol. The molecule has 1 aliphatic carbocycles. The number of amides is 3. The Bertz CT molecular complexity index is 1490. The summed E-state index contributed by atoms with van der Waals surface area (Å²) < 4.78 is 55.5. The van der Waals surface area contributed by atoms with Gasteiger partial charge in [0.15, 0.2) is 0 Å². The average molecular weight is 683 g/mol. The molecule has 5 rings (SSSR count). The van der Waals surface area contributed by atoms with Gasteiger partial charge in [-0.1, -0.05) is 78.9 Å². The molecule has 1 saturated carbocycles. The first-order valence-corrected chi connectivity index (χ1v) is 16.3. The van der Waals surface area contributed by atoms with Gasteiger partial charge in [0.2, 0.25) is 5.91 Å². The number of hydrogen-bond acceptors (Lipinski definition) is 7. The minimum absolute atomic E-state index is 0.129. The van der Waals surface area contributed by atoms with Gasteiger partial charge in [0.1, 0.15) is 18.7 Å². The van der Waals surface area contributed by atoms with E-state index in [1.54, 1.807) is 6.07 Å². The Kier molecular flexibility index (Phi) is 12.1. The SMILES string of the molecule is COC(=O)N[C@H](C(=O)Nc1ccccc1CC[C@@H]1CN[C@H](COC(=O)NC(C2CC2)C(F)(F)F)CO1)C(c1ccccc1)c1ccccc1. The minimum Gasteiger partial charge on any atom is -0.453 e.